The van der Waals surface area contributed by atoms with Crippen LogP contribution in [-0.4, -0.2) is 25.3 Å². The fourth-order valence-corrected chi connectivity index (χ4v) is 2.74. The molecular weight excluding hydrogens is 198 g/mol. The maximum Gasteiger partial charge on any atom is 0.0866 e. The third-order valence-electron chi connectivity index (χ3n) is 3.60. The minimum absolute atomic E-state index is 0.0333. The van der Waals surface area contributed by atoms with Crippen molar-refractivity contribution in [2.45, 2.75) is 64.5 Å². The highest BCUT2D eigenvalue weighted by Crippen LogP contribution is 2.34. The summed E-state index contributed by atoms with van der Waals surface area (Å²) in [6.45, 7) is 7.49. The molecule has 2 heteroatoms. The summed E-state index contributed by atoms with van der Waals surface area (Å²) in [5, 5.41) is 3.57. The van der Waals surface area contributed by atoms with Crippen LogP contribution in [0.4, 0.5) is 0 Å². The van der Waals surface area contributed by atoms with Crippen molar-refractivity contribution in [2.24, 2.45) is 0 Å². The molecule has 0 bridgehead atoms. The van der Waals surface area contributed by atoms with Crippen LogP contribution >= 0.6 is 0 Å². The minimum Gasteiger partial charge on any atom is -0.376 e. The van der Waals surface area contributed by atoms with Crippen molar-refractivity contribution < 1.29 is 4.74 Å². The molecular formula is C14H27NO. The molecule has 16 heavy (non-hydrogen) atoms. The Morgan fingerprint density at radius 3 is 2.38 bits per heavy atom. The van der Waals surface area contributed by atoms with Gasteiger partial charge in [-0.15, -0.1) is 0 Å². The first-order chi connectivity index (χ1) is 7.64. The van der Waals surface area contributed by atoms with E-state index in [1.807, 2.05) is 7.11 Å². The van der Waals surface area contributed by atoms with E-state index in [9.17, 15) is 0 Å². The first-order valence-electron chi connectivity index (χ1n) is 6.58. The highest BCUT2D eigenvalue weighted by molar-refractivity contribution is 5.10. The zero-order chi connectivity index (χ0) is 12.0. The molecule has 0 heterocycles. The Labute approximate surface area is 100 Å². The van der Waals surface area contributed by atoms with Gasteiger partial charge in [0.25, 0.3) is 0 Å². The fourth-order valence-electron chi connectivity index (χ4n) is 2.74. The molecule has 1 atom stereocenters. The second kappa shape index (κ2) is 6.41. The molecule has 1 fully saturated rings. The first-order valence-corrected chi connectivity index (χ1v) is 6.58. The number of rotatable bonds is 5. The molecule has 0 amide bonds. The van der Waals surface area contributed by atoms with Crippen LogP contribution in [0.1, 0.15) is 52.9 Å². The minimum atomic E-state index is 0.0333. The molecule has 0 aromatic rings. The van der Waals surface area contributed by atoms with Crippen molar-refractivity contribution in [3.63, 3.8) is 0 Å². The number of ether oxygens (including phenoxy) is 1. The Hall–Kier alpha value is -0.340. The van der Waals surface area contributed by atoms with Crippen LogP contribution in [0.25, 0.3) is 0 Å². The summed E-state index contributed by atoms with van der Waals surface area (Å²) in [6, 6.07) is 0.368. The maximum atomic E-state index is 5.89. The Bertz CT molecular complexity index is 225. The van der Waals surface area contributed by atoms with Gasteiger partial charge in [-0.2, -0.15) is 0 Å². The maximum absolute atomic E-state index is 5.89. The molecule has 1 rings (SSSR count). The van der Waals surface area contributed by atoms with E-state index in [2.05, 4.69) is 32.2 Å². The van der Waals surface area contributed by atoms with Gasteiger partial charge in [-0.1, -0.05) is 37.8 Å². The van der Waals surface area contributed by atoms with Crippen LogP contribution in [0.5, 0.6) is 0 Å². The van der Waals surface area contributed by atoms with Gasteiger partial charge in [0.2, 0.25) is 0 Å². The highest BCUT2D eigenvalue weighted by atomic mass is 16.5. The molecule has 1 aliphatic carbocycles. The molecule has 94 valence electrons. The Kier molecular flexibility index (Phi) is 5.50. The predicted octanol–water partition coefficient (Wildman–Crippen LogP) is 3.28. The van der Waals surface area contributed by atoms with Gasteiger partial charge in [0.15, 0.2) is 0 Å². The highest BCUT2D eigenvalue weighted by Gasteiger charge is 2.38. The predicted molar refractivity (Wildman–Crippen MR) is 69.7 cm³/mol. The van der Waals surface area contributed by atoms with Crippen LogP contribution in [0, 0.1) is 0 Å². The van der Waals surface area contributed by atoms with Crippen molar-refractivity contribution in [3.8, 4) is 0 Å². The summed E-state index contributed by atoms with van der Waals surface area (Å²) in [5.74, 6) is 0. The lowest BCUT2D eigenvalue weighted by Crippen LogP contribution is -2.52. The standard InChI is InChI=1S/C14H27NO/c1-5-15-13(11-12(2)3)14(16-4)9-7-6-8-10-14/h11,13,15H,5-10H2,1-4H3. The van der Waals surface area contributed by atoms with Gasteiger partial charge in [0.05, 0.1) is 11.6 Å². The molecule has 0 aromatic carbocycles. The van der Waals surface area contributed by atoms with Crippen LogP contribution < -0.4 is 5.32 Å². The average molecular weight is 225 g/mol. The summed E-state index contributed by atoms with van der Waals surface area (Å²) in [5.41, 5.74) is 1.40. The van der Waals surface area contributed by atoms with Crippen molar-refractivity contribution in [1.29, 1.82) is 0 Å². The molecule has 1 unspecified atom stereocenters. The molecule has 1 aliphatic rings. The molecule has 0 spiro atoms. The third-order valence-corrected chi connectivity index (χ3v) is 3.60. The molecule has 2 nitrogen and oxygen atoms in total. The number of likely N-dealkylation sites (N-methyl/N-ethyl adjacent to an activating group) is 1. The van der Waals surface area contributed by atoms with Crippen LogP contribution in [0.3, 0.4) is 0 Å². The van der Waals surface area contributed by atoms with E-state index < -0.39 is 0 Å². The van der Waals surface area contributed by atoms with Crippen LogP contribution in [0.2, 0.25) is 0 Å². The van der Waals surface area contributed by atoms with Gasteiger partial charge in [-0.05, 0) is 33.2 Å². The molecule has 1 saturated carbocycles. The fraction of sp³-hybridized carbons (Fsp3) is 0.857. The summed E-state index contributed by atoms with van der Waals surface area (Å²) in [6.07, 6.45) is 8.66. The molecule has 0 saturated heterocycles. The molecule has 0 radical (unpaired) electrons. The second-order valence-electron chi connectivity index (χ2n) is 5.11. The summed E-state index contributed by atoms with van der Waals surface area (Å²) < 4.78 is 5.89. The summed E-state index contributed by atoms with van der Waals surface area (Å²) >= 11 is 0. The molecule has 1 N–H and O–H groups in total. The van der Waals surface area contributed by atoms with E-state index in [-0.39, 0.29) is 5.60 Å². The van der Waals surface area contributed by atoms with E-state index in [0.29, 0.717) is 6.04 Å². The van der Waals surface area contributed by atoms with Crippen molar-refractivity contribution in [1.82, 2.24) is 5.32 Å². The van der Waals surface area contributed by atoms with Crippen molar-refractivity contribution in [3.05, 3.63) is 11.6 Å². The van der Waals surface area contributed by atoms with Crippen LogP contribution in [-0.2, 0) is 4.74 Å². The van der Waals surface area contributed by atoms with Gasteiger partial charge in [0.1, 0.15) is 0 Å². The molecule has 0 aliphatic heterocycles. The zero-order valence-electron chi connectivity index (χ0n) is 11.3. The molecule has 0 aromatic heterocycles. The Morgan fingerprint density at radius 1 is 1.31 bits per heavy atom. The van der Waals surface area contributed by atoms with Gasteiger partial charge >= 0.3 is 0 Å². The van der Waals surface area contributed by atoms with E-state index in [0.717, 1.165) is 6.54 Å². The number of methoxy groups -OCH3 is 1. The number of allylic oxidation sites excluding steroid dienone is 1. The monoisotopic (exact) mass is 225 g/mol. The third kappa shape index (κ3) is 3.33. The van der Waals surface area contributed by atoms with Crippen molar-refractivity contribution >= 4 is 0 Å². The SMILES string of the molecule is CCNC(C=C(C)C)C1(OC)CCCCC1. The Balaban J connectivity index is 2.82. The summed E-state index contributed by atoms with van der Waals surface area (Å²) in [7, 11) is 1.87. The van der Waals surface area contributed by atoms with Gasteiger partial charge in [-0.3, -0.25) is 0 Å². The van der Waals surface area contributed by atoms with E-state index in [1.54, 1.807) is 0 Å². The normalized spacial score (nSPS) is 21.5. The largest absolute Gasteiger partial charge is 0.376 e. The van der Waals surface area contributed by atoms with E-state index in [4.69, 9.17) is 4.74 Å². The lowest BCUT2D eigenvalue weighted by Gasteiger charge is -2.42. The zero-order valence-corrected chi connectivity index (χ0v) is 11.3. The Morgan fingerprint density at radius 2 is 1.94 bits per heavy atom. The van der Waals surface area contributed by atoms with Crippen molar-refractivity contribution in [2.75, 3.05) is 13.7 Å². The number of nitrogens with one attached hydrogen (secondary N) is 1. The van der Waals surface area contributed by atoms with E-state index in [1.165, 1.54) is 37.7 Å². The smallest absolute Gasteiger partial charge is 0.0866 e. The lowest BCUT2D eigenvalue weighted by molar-refractivity contribution is -0.0558. The number of hydrogen-bond donors (Lipinski definition) is 1. The van der Waals surface area contributed by atoms with E-state index >= 15 is 0 Å². The summed E-state index contributed by atoms with van der Waals surface area (Å²) in [4.78, 5) is 0. The number of hydrogen-bond acceptors (Lipinski definition) is 2. The topological polar surface area (TPSA) is 21.3 Å². The lowest BCUT2D eigenvalue weighted by atomic mass is 9.78. The van der Waals surface area contributed by atoms with Gasteiger partial charge in [-0.25, -0.2) is 0 Å². The first kappa shape index (κ1) is 13.7. The van der Waals surface area contributed by atoms with Crippen LogP contribution in [0.15, 0.2) is 11.6 Å². The quantitative estimate of drug-likeness (QED) is 0.725. The van der Waals surface area contributed by atoms with Gasteiger partial charge in [0, 0.05) is 7.11 Å². The van der Waals surface area contributed by atoms with Gasteiger partial charge < -0.3 is 10.1 Å². The average Bonchev–Trinajstić information content (AvgIpc) is 2.29. The second-order valence-corrected chi connectivity index (χ2v) is 5.11.